The van der Waals surface area contributed by atoms with Gasteiger partial charge in [0.25, 0.3) is 10.0 Å². The maximum Gasteiger partial charge on any atom is 0.264 e. The van der Waals surface area contributed by atoms with Crippen LogP contribution >= 0.6 is 23.2 Å². The largest absolute Gasteiger partial charge is 0.492 e. The summed E-state index contributed by atoms with van der Waals surface area (Å²) < 4.78 is 33.8. The molecule has 1 heterocycles. The van der Waals surface area contributed by atoms with Crippen LogP contribution in [0.3, 0.4) is 0 Å². The molecule has 4 N–H and O–H groups in total. The lowest BCUT2D eigenvalue weighted by Gasteiger charge is -2.15. The minimum Gasteiger partial charge on any atom is -0.492 e. The molecule has 0 aliphatic rings. The van der Waals surface area contributed by atoms with E-state index in [-0.39, 0.29) is 27.2 Å². The second-order valence-corrected chi connectivity index (χ2v) is 10.3. The van der Waals surface area contributed by atoms with Gasteiger partial charge in [0.15, 0.2) is 0 Å². The highest BCUT2D eigenvalue weighted by molar-refractivity contribution is 7.93. The number of nitrogens with zero attached hydrogens (tertiary/aromatic N) is 1. The third-order valence-corrected chi connectivity index (χ3v) is 7.65. The average molecular weight is 535 g/mol. The molecular weight excluding hydrogens is 511 g/mol. The van der Waals surface area contributed by atoms with Crippen molar-refractivity contribution in [1.29, 1.82) is 0 Å². The Morgan fingerprint density at radius 2 is 1.83 bits per heavy atom. The van der Waals surface area contributed by atoms with Crippen LogP contribution in [0.1, 0.15) is 17.4 Å². The van der Waals surface area contributed by atoms with Gasteiger partial charge < -0.3 is 15.2 Å². The molecule has 0 aliphatic heterocycles. The lowest BCUT2D eigenvalue weighted by atomic mass is 10.1. The number of sulfonamides is 1. The van der Waals surface area contributed by atoms with Crippen LogP contribution in [0.15, 0.2) is 65.6 Å². The van der Waals surface area contributed by atoms with Crippen molar-refractivity contribution in [3.05, 3.63) is 82.0 Å². The first-order chi connectivity index (χ1) is 16.7. The summed E-state index contributed by atoms with van der Waals surface area (Å²) in [6, 6.07) is 16.7. The van der Waals surface area contributed by atoms with Crippen molar-refractivity contribution in [1.82, 2.24) is 15.5 Å². The number of H-pyrrole nitrogens is 1. The Morgan fingerprint density at radius 3 is 2.60 bits per heavy atom. The first-order valence-electron chi connectivity index (χ1n) is 10.8. The summed E-state index contributed by atoms with van der Waals surface area (Å²) in [5, 5.41) is 21.9. The zero-order chi connectivity index (χ0) is 25.0. The van der Waals surface area contributed by atoms with Crippen molar-refractivity contribution in [2.75, 3.05) is 24.4 Å². The fourth-order valence-electron chi connectivity index (χ4n) is 3.57. The number of aliphatic hydroxyl groups is 1. The van der Waals surface area contributed by atoms with Crippen molar-refractivity contribution >= 4 is 49.8 Å². The molecule has 1 atom stereocenters. The Morgan fingerprint density at radius 1 is 1.09 bits per heavy atom. The summed E-state index contributed by atoms with van der Waals surface area (Å²) in [5.41, 5.74) is 2.68. The van der Waals surface area contributed by atoms with Crippen LogP contribution in [-0.2, 0) is 10.0 Å². The molecule has 3 aromatic carbocycles. The molecule has 0 amide bonds. The fourth-order valence-corrected chi connectivity index (χ4v) is 5.76. The summed E-state index contributed by atoms with van der Waals surface area (Å²) in [7, 11) is -4.01. The van der Waals surface area contributed by atoms with E-state index >= 15 is 0 Å². The normalized spacial score (nSPS) is 12.6. The first-order valence-corrected chi connectivity index (χ1v) is 13.0. The number of benzene rings is 3. The summed E-state index contributed by atoms with van der Waals surface area (Å²) in [5.74, 6) is 0.713. The molecule has 184 valence electrons. The second-order valence-electron chi connectivity index (χ2n) is 7.88. The molecule has 35 heavy (non-hydrogen) atoms. The lowest BCUT2D eigenvalue weighted by Crippen LogP contribution is -2.26. The van der Waals surface area contributed by atoms with Gasteiger partial charge in [0, 0.05) is 35.9 Å². The van der Waals surface area contributed by atoms with Gasteiger partial charge in [0.2, 0.25) is 0 Å². The van der Waals surface area contributed by atoms with Crippen LogP contribution in [-0.4, -0.2) is 43.4 Å². The molecule has 4 rings (SSSR count). The summed E-state index contributed by atoms with van der Waals surface area (Å²) in [4.78, 5) is -0.197. The predicted octanol–water partition coefficient (Wildman–Crippen LogP) is 4.68. The quantitative estimate of drug-likeness (QED) is 0.219. The van der Waals surface area contributed by atoms with Gasteiger partial charge in [0.05, 0.1) is 21.7 Å². The zero-order valence-electron chi connectivity index (χ0n) is 18.8. The number of fused-ring (bicyclic) bond motifs is 1. The van der Waals surface area contributed by atoms with Gasteiger partial charge in [-0.3, -0.25) is 9.82 Å². The van der Waals surface area contributed by atoms with E-state index in [0.29, 0.717) is 24.5 Å². The van der Waals surface area contributed by atoms with Crippen LogP contribution in [0.5, 0.6) is 5.75 Å². The third kappa shape index (κ3) is 6.06. The van der Waals surface area contributed by atoms with E-state index in [0.717, 1.165) is 16.6 Å². The van der Waals surface area contributed by atoms with E-state index in [4.69, 9.17) is 27.9 Å². The number of hydrogen-bond acceptors (Lipinski definition) is 6. The molecule has 0 radical (unpaired) electrons. The smallest absolute Gasteiger partial charge is 0.264 e. The molecule has 1 aromatic heterocycles. The number of halogens is 2. The zero-order valence-corrected chi connectivity index (χ0v) is 21.1. The summed E-state index contributed by atoms with van der Waals surface area (Å²) >= 11 is 12.1. The number of rotatable bonds is 10. The van der Waals surface area contributed by atoms with Gasteiger partial charge in [-0.15, -0.1) is 0 Å². The SMILES string of the molecule is Cc1[nH]nc2cc(OCCNC[C@H](O)c3cccc(NS(=O)(=O)c4c(Cl)cccc4Cl)c3)ccc12. The van der Waals surface area contributed by atoms with Crippen LogP contribution in [0.4, 0.5) is 5.69 Å². The van der Waals surface area contributed by atoms with E-state index in [9.17, 15) is 13.5 Å². The minimum atomic E-state index is -4.01. The van der Waals surface area contributed by atoms with Crippen molar-refractivity contribution in [3.8, 4) is 5.75 Å². The monoisotopic (exact) mass is 534 g/mol. The van der Waals surface area contributed by atoms with Gasteiger partial charge in [-0.25, -0.2) is 8.42 Å². The molecule has 0 saturated carbocycles. The Bertz CT molecular complexity index is 1420. The maximum atomic E-state index is 12.8. The number of aryl methyl sites for hydroxylation is 1. The van der Waals surface area contributed by atoms with E-state index in [2.05, 4.69) is 20.2 Å². The van der Waals surface area contributed by atoms with Gasteiger partial charge in [0.1, 0.15) is 17.3 Å². The molecular formula is C24H24Cl2N4O4S. The van der Waals surface area contributed by atoms with Crippen LogP contribution in [0.2, 0.25) is 10.0 Å². The molecule has 0 saturated heterocycles. The topological polar surface area (TPSA) is 116 Å². The molecule has 0 spiro atoms. The van der Waals surface area contributed by atoms with E-state index in [1.54, 1.807) is 30.3 Å². The standard InChI is InChI=1S/C24H24Cl2N4O4S/c1-15-19-9-8-18(13-22(19)29-28-15)34-11-10-27-14-23(31)16-4-2-5-17(12-16)30-35(32,33)24-20(25)6-3-7-21(24)26/h2-9,12-13,23,27,30-31H,10-11,14H2,1H3,(H,28,29)/t23-/m0/s1. The van der Waals surface area contributed by atoms with Crippen molar-refractivity contribution in [2.45, 2.75) is 17.9 Å². The Balaban J connectivity index is 1.30. The van der Waals surface area contributed by atoms with Crippen molar-refractivity contribution in [3.63, 3.8) is 0 Å². The fraction of sp³-hybridized carbons (Fsp3) is 0.208. The molecule has 4 aromatic rings. The predicted molar refractivity (Wildman–Crippen MR) is 138 cm³/mol. The van der Waals surface area contributed by atoms with Gasteiger partial charge in [-0.05, 0) is 48.9 Å². The minimum absolute atomic E-state index is 0.0204. The average Bonchev–Trinajstić information content (AvgIpc) is 3.18. The van der Waals surface area contributed by atoms with Crippen molar-refractivity contribution < 1.29 is 18.3 Å². The van der Waals surface area contributed by atoms with Crippen LogP contribution < -0.4 is 14.8 Å². The van der Waals surface area contributed by atoms with Gasteiger partial charge in [-0.2, -0.15) is 5.10 Å². The first kappa shape index (κ1) is 25.3. The van der Waals surface area contributed by atoms with E-state index < -0.39 is 16.1 Å². The highest BCUT2D eigenvalue weighted by atomic mass is 35.5. The van der Waals surface area contributed by atoms with Crippen molar-refractivity contribution in [2.24, 2.45) is 0 Å². The number of nitrogens with one attached hydrogen (secondary N) is 3. The molecule has 8 nitrogen and oxygen atoms in total. The second kappa shape index (κ2) is 10.8. The number of aromatic nitrogens is 2. The molecule has 11 heteroatoms. The highest BCUT2D eigenvalue weighted by Crippen LogP contribution is 2.31. The van der Waals surface area contributed by atoms with Crippen LogP contribution in [0.25, 0.3) is 10.9 Å². The third-order valence-electron chi connectivity index (χ3n) is 5.31. The summed E-state index contributed by atoms with van der Waals surface area (Å²) in [6.07, 6.45) is -0.855. The van der Waals surface area contributed by atoms with Gasteiger partial charge in [-0.1, -0.05) is 41.4 Å². The lowest BCUT2D eigenvalue weighted by molar-refractivity contribution is 0.172. The summed E-state index contributed by atoms with van der Waals surface area (Å²) in [6.45, 7) is 3.13. The number of aliphatic hydroxyl groups excluding tert-OH is 1. The number of ether oxygens (including phenoxy) is 1. The highest BCUT2D eigenvalue weighted by Gasteiger charge is 2.22. The number of anilines is 1. The van der Waals surface area contributed by atoms with Crippen LogP contribution in [0, 0.1) is 6.92 Å². The van der Waals surface area contributed by atoms with E-state index in [1.807, 2.05) is 25.1 Å². The Hall–Kier alpha value is -2.82. The molecule has 0 unspecified atom stereocenters. The molecule has 0 fully saturated rings. The molecule has 0 aliphatic carbocycles. The number of hydrogen-bond donors (Lipinski definition) is 4. The Labute approximate surface area is 213 Å². The molecule has 0 bridgehead atoms. The Kier molecular flexibility index (Phi) is 7.83. The number of aromatic amines is 1. The van der Waals surface area contributed by atoms with E-state index in [1.165, 1.54) is 12.1 Å². The van der Waals surface area contributed by atoms with Gasteiger partial charge >= 0.3 is 0 Å². The maximum absolute atomic E-state index is 12.8.